The van der Waals surface area contributed by atoms with Crippen LogP contribution in [-0.2, 0) is 11.2 Å². The van der Waals surface area contributed by atoms with Crippen LogP contribution in [-0.4, -0.2) is 58.3 Å². The Hall–Kier alpha value is -3.20. The van der Waals surface area contributed by atoms with E-state index in [4.69, 9.17) is 4.74 Å². The molecule has 0 unspecified atom stereocenters. The number of Topliss-reactive ketones (excluding diaryl/α,β-unsaturated/α-hetero) is 1. The van der Waals surface area contributed by atoms with E-state index in [1.807, 2.05) is 18.9 Å². The Morgan fingerprint density at radius 1 is 1.24 bits per heavy atom. The number of rotatable bonds is 7. The molecular weight excluding hydrogens is 429 g/mol. The first-order chi connectivity index (χ1) is 15.8. The minimum absolute atomic E-state index is 0.101. The molecule has 1 amide bonds. The van der Waals surface area contributed by atoms with Crippen molar-refractivity contribution in [3.05, 3.63) is 63.3 Å². The second-order valence-electron chi connectivity index (χ2n) is 8.78. The van der Waals surface area contributed by atoms with Gasteiger partial charge in [0.05, 0.1) is 18.2 Å². The number of methoxy groups -OCH3 is 1. The summed E-state index contributed by atoms with van der Waals surface area (Å²) in [5.74, 6) is -2.14. The molecule has 1 saturated heterocycles. The quantitative estimate of drug-likeness (QED) is 0.643. The molecule has 2 atom stereocenters. The molecule has 2 aliphatic heterocycles. The summed E-state index contributed by atoms with van der Waals surface area (Å²) >= 11 is 0. The molecule has 9 heteroatoms. The molecule has 1 aromatic carbocycles. The third-order valence-electron chi connectivity index (χ3n) is 6.40. The summed E-state index contributed by atoms with van der Waals surface area (Å²) in [5, 5.41) is 12.7. The van der Waals surface area contributed by atoms with Crippen molar-refractivity contribution in [2.24, 2.45) is 0 Å². The zero-order chi connectivity index (χ0) is 23.9. The molecule has 2 aliphatic rings. The lowest BCUT2D eigenvalue weighted by Crippen LogP contribution is -2.63. The molecule has 0 radical (unpaired) electrons. The van der Waals surface area contributed by atoms with Crippen molar-refractivity contribution in [3.8, 4) is 5.75 Å². The van der Waals surface area contributed by atoms with E-state index in [-0.39, 0.29) is 42.3 Å². The van der Waals surface area contributed by atoms with Crippen LogP contribution >= 0.6 is 0 Å². The van der Waals surface area contributed by atoms with Crippen LogP contribution in [0.1, 0.15) is 59.5 Å². The molecule has 0 saturated carbocycles. The van der Waals surface area contributed by atoms with Gasteiger partial charge in [0, 0.05) is 25.8 Å². The SMILES string of the molecule is COC[C@@H]1CC[C@H]2N(C(C)C)C(=O)c3c(O)c(=O)c(C(=O)CCc4ccccc4F)cn3N12. The second kappa shape index (κ2) is 8.97. The maximum atomic E-state index is 13.9. The molecule has 3 heterocycles. The fourth-order valence-corrected chi connectivity index (χ4v) is 4.88. The smallest absolute Gasteiger partial charge is 0.278 e. The number of benzene rings is 1. The highest BCUT2D eigenvalue weighted by Crippen LogP contribution is 2.34. The number of aromatic nitrogens is 1. The number of aromatic hydroxyl groups is 1. The lowest BCUT2D eigenvalue weighted by atomic mass is 10.0. The van der Waals surface area contributed by atoms with Gasteiger partial charge in [-0.1, -0.05) is 18.2 Å². The van der Waals surface area contributed by atoms with Crippen LogP contribution in [0.3, 0.4) is 0 Å². The van der Waals surface area contributed by atoms with Crippen molar-refractivity contribution in [1.29, 1.82) is 0 Å². The molecule has 8 nitrogen and oxygen atoms in total. The van der Waals surface area contributed by atoms with Gasteiger partial charge < -0.3 is 14.7 Å². The molecule has 2 aromatic rings. The van der Waals surface area contributed by atoms with Gasteiger partial charge in [0.2, 0.25) is 5.43 Å². The number of aryl methyl sites for hydroxylation is 1. The van der Waals surface area contributed by atoms with Gasteiger partial charge in [0.15, 0.2) is 17.2 Å². The zero-order valence-electron chi connectivity index (χ0n) is 19.0. The fourth-order valence-electron chi connectivity index (χ4n) is 4.88. The number of carbonyl (C=O) groups is 2. The van der Waals surface area contributed by atoms with Crippen LogP contribution in [0.2, 0.25) is 0 Å². The Morgan fingerprint density at radius 2 is 1.97 bits per heavy atom. The van der Waals surface area contributed by atoms with Gasteiger partial charge in [-0.3, -0.25) is 24.1 Å². The van der Waals surface area contributed by atoms with Crippen molar-refractivity contribution >= 4 is 11.7 Å². The summed E-state index contributed by atoms with van der Waals surface area (Å²) in [6, 6.07) is 5.89. The number of nitrogens with zero attached hydrogens (tertiary/aromatic N) is 3. The minimum Gasteiger partial charge on any atom is -0.502 e. The first-order valence-electron chi connectivity index (χ1n) is 11.1. The molecule has 1 aromatic heterocycles. The van der Waals surface area contributed by atoms with Gasteiger partial charge >= 0.3 is 0 Å². The molecule has 1 fully saturated rings. The maximum Gasteiger partial charge on any atom is 0.278 e. The highest BCUT2D eigenvalue weighted by atomic mass is 19.1. The first-order valence-corrected chi connectivity index (χ1v) is 11.1. The Morgan fingerprint density at radius 3 is 2.64 bits per heavy atom. The zero-order valence-corrected chi connectivity index (χ0v) is 19.0. The number of pyridine rings is 1. The Balaban J connectivity index is 1.75. The number of amides is 1. The first kappa shape index (κ1) is 23.0. The van der Waals surface area contributed by atoms with Crippen LogP contribution in [0, 0.1) is 5.82 Å². The predicted molar refractivity (Wildman–Crippen MR) is 120 cm³/mol. The molecule has 0 bridgehead atoms. The second-order valence-corrected chi connectivity index (χ2v) is 8.78. The van der Waals surface area contributed by atoms with E-state index in [0.717, 1.165) is 6.42 Å². The molecule has 33 heavy (non-hydrogen) atoms. The Labute approximate surface area is 191 Å². The molecule has 4 rings (SSSR count). The summed E-state index contributed by atoms with van der Waals surface area (Å²) in [7, 11) is 1.59. The lowest BCUT2D eigenvalue weighted by molar-refractivity contribution is 0.0491. The van der Waals surface area contributed by atoms with Crippen molar-refractivity contribution in [2.75, 3.05) is 18.7 Å². The van der Waals surface area contributed by atoms with E-state index in [1.165, 1.54) is 16.9 Å². The third-order valence-corrected chi connectivity index (χ3v) is 6.40. The van der Waals surface area contributed by atoms with Crippen molar-refractivity contribution < 1.29 is 23.8 Å². The third kappa shape index (κ3) is 3.90. The molecule has 0 spiro atoms. The molecule has 1 N–H and O–H groups in total. The normalized spacial score (nSPS) is 19.7. The van der Waals surface area contributed by atoms with E-state index < -0.39 is 28.7 Å². The maximum absolute atomic E-state index is 13.9. The average molecular weight is 458 g/mol. The van der Waals surface area contributed by atoms with Crippen LogP contribution in [0.4, 0.5) is 4.39 Å². The van der Waals surface area contributed by atoms with Gasteiger partial charge in [-0.15, -0.1) is 0 Å². The van der Waals surface area contributed by atoms with Crippen LogP contribution in [0.5, 0.6) is 5.75 Å². The predicted octanol–water partition coefficient (Wildman–Crippen LogP) is 2.45. The molecule has 0 aliphatic carbocycles. The standard InChI is InChI=1S/C24H28FN3O5/c1-14(2)27-20-11-9-16(13-33-3)28(20)26-12-17(22(30)23(31)21(26)24(27)32)19(29)10-8-15-6-4-5-7-18(15)25/h4-7,12,14,16,20,31H,8-11,13H2,1-3H3/t16-,20-/m0/s1. The number of carbonyl (C=O) groups excluding carboxylic acids is 2. The van der Waals surface area contributed by atoms with E-state index in [9.17, 15) is 23.9 Å². The Bertz CT molecular complexity index is 1150. The van der Waals surface area contributed by atoms with Gasteiger partial charge in [-0.2, -0.15) is 0 Å². The summed E-state index contributed by atoms with van der Waals surface area (Å²) in [5.41, 5.74) is -0.896. The number of hydrogen-bond acceptors (Lipinski definition) is 6. The summed E-state index contributed by atoms with van der Waals surface area (Å²) in [4.78, 5) is 40.8. The number of ketones is 1. The van der Waals surface area contributed by atoms with Crippen molar-refractivity contribution in [2.45, 2.75) is 57.8 Å². The number of halogens is 1. The van der Waals surface area contributed by atoms with Crippen LogP contribution in [0.15, 0.2) is 35.3 Å². The minimum atomic E-state index is -0.891. The van der Waals surface area contributed by atoms with E-state index in [0.29, 0.717) is 18.6 Å². The summed E-state index contributed by atoms with van der Waals surface area (Å²) in [6.07, 6.45) is 2.52. The summed E-state index contributed by atoms with van der Waals surface area (Å²) < 4.78 is 20.8. The topological polar surface area (TPSA) is 92.1 Å². The highest BCUT2D eigenvalue weighted by molar-refractivity contribution is 6.00. The van der Waals surface area contributed by atoms with Crippen molar-refractivity contribution in [1.82, 2.24) is 9.58 Å². The number of hydrogen-bond donors (Lipinski definition) is 1. The van der Waals surface area contributed by atoms with Gasteiger partial charge in [0.25, 0.3) is 5.91 Å². The van der Waals surface area contributed by atoms with Crippen LogP contribution < -0.4 is 10.4 Å². The van der Waals surface area contributed by atoms with Gasteiger partial charge in [0.1, 0.15) is 12.0 Å². The van der Waals surface area contributed by atoms with Crippen LogP contribution in [0.25, 0.3) is 0 Å². The van der Waals surface area contributed by atoms with E-state index >= 15 is 0 Å². The Kier molecular flexibility index (Phi) is 6.25. The largest absolute Gasteiger partial charge is 0.502 e. The van der Waals surface area contributed by atoms with Crippen molar-refractivity contribution in [3.63, 3.8) is 0 Å². The fraction of sp³-hybridized carbons (Fsp3) is 0.458. The molecule has 176 valence electrons. The summed E-state index contributed by atoms with van der Waals surface area (Å²) in [6.45, 7) is 4.15. The lowest BCUT2D eigenvalue weighted by Gasteiger charge is -2.46. The highest BCUT2D eigenvalue weighted by Gasteiger charge is 2.47. The van der Waals surface area contributed by atoms with E-state index in [2.05, 4.69) is 0 Å². The van der Waals surface area contributed by atoms with Gasteiger partial charge in [-0.25, -0.2) is 4.39 Å². The number of fused-ring (bicyclic) bond motifs is 3. The average Bonchev–Trinajstić information content (AvgIpc) is 3.18. The molecular formula is C24H28FN3O5. The monoisotopic (exact) mass is 457 g/mol. The number of ether oxygens (including phenoxy) is 1. The van der Waals surface area contributed by atoms with Gasteiger partial charge in [-0.05, 0) is 44.7 Å². The van der Waals surface area contributed by atoms with E-state index in [1.54, 1.807) is 30.2 Å².